The van der Waals surface area contributed by atoms with Crippen molar-refractivity contribution in [2.75, 3.05) is 44.9 Å². The van der Waals surface area contributed by atoms with Gasteiger partial charge in [-0.05, 0) is 40.1 Å². The largest absolute Gasteiger partial charge is 0.489 e. The molecule has 0 aliphatic heterocycles. The van der Waals surface area contributed by atoms with Crippen molar-refractivity contribution in [1.82, 2.24) is 4.90 Å². The lowest BCUT2D eigenvalue weighted by molar-refractivity contribution is 0.244. The summed E-state index contributed by atoms with van der Waals surface area (Å²) in [6, 6.07) is 5.93. The highest BCUT2D eigenvalue weighted by molar-refractivity contribution is 5.62. The molecule has 4 heteroatoms. The average molecular weight is 251 g/mol. The number of nitrogens with zero attached hydrogens (tertiary/aromatic N) is 2. The van der Waals surface area contributed by atoms with Gasteiger partial charge in [-0.3, -0.25) is 0 Å². The summed E-state index contributed by atoms with van der Waals surface area (Å²) in [4.78, 5) is 4.37. The molecule has 0 amide bonds. The first-order valence-corrected chi connectivity index (χ1v) is 6.32. The van der Waals surface area contributed by atoms with Gasteiger partial charge in [-0.2, -0.15) is 0 Å². The van der Waals surface area contributed by atoms with Crippen molar-refractivity contribution >= 4 is 11.4 Å². The molecule has 0 atom stereocenters. The van der Waals surface area contributed by atoms with E-state index in [0.29, 0.717) is 5.69 Å². The number of hydrogen-bond acceptors (Lipinski definition) is 4. The second-order valence-electron chi connectivity index (χ2n) is 5.11. The monoisotopic (exact) mass is 251 g/mol. The van der Waals surface area contributed by atoms with Crippen LogP contribution in [-0.2, 0) is 0 Å². The zero-order valence-electron chi connectivity index (χ0n) is 12.1. The third-order valence-corrected chi connectivity index (χ3v) is 2.68. The summed E-state index contributed by atoms with van der Waals surface area (Å²) in [5.41, 5.74) is 7.72. The van der Waals surface area contributed by atoms with E-state index in [2.05, 4.69) is 30.9 Å². The smallest absolute Gasteiger partial charge is 0.144 e. The van der Waals surface area contributed by atoms with E-state index in [-0.39, 0.29) is 6.10 Å². The number of likely N-dealkylation sites (N-methyl/N-ethyl adjacent to an activating group) is 2. The fraction of sp³-hybridized carbons (Fsp3) is 0.571. The van der Waals surface area contributed by atoms with E-state index in [1.165, 1.54) is 0 Å². The molecule has 0 spiro atoms. The van der Waals surface area contributed by atoms with Gasteiger partial charge in [-0.1, -0.05) is 0 Å². The quantitative estimate of drug-likeness (QED) is 0.786. The molecule has 2 N–H and O–H groups in total. The Hall–Kier alpha value is -1.42. The molecule has 0 unspecified atom stereocenters. The zero-order valence-corrected chi connectivity index (χ0v) is 12.1. The van der Waals surface area contributed by atoms with E-state index in [1.54, 1.807) is 0 Å². The van der Waals surface area contributed by atoms with Gasteiger partial charge in [0.1, 0.15) is 5.75 Å². The fourth-order valence-electron chi connectivity index (χ4n) is 1.60. The van der Waals surface area contributed by atoms with E-state index < -0.39 is 0 Å². The number of hydrogen-bond donors (Lipinski definition) is 1. The van der Waals surface area contributed by atoms with Crippen LogP contribution < -0.4 is 15.4 Å². The Kier molecular flexibility index (Phi) is 5.28. The van der Waals surface area contributed by atoms with E-state index in [9.17, 15) is 0 Å². The number of nitrogen functional groups attached to an aromatic ring is 1. The molecule has 0 saturated heterocycles. The molecule has 1 aromatic carbocycles. The molecule has 0 aliphatic carbocycles. The standard InChI is InChI=1S/C14H25N3O/c1-11(2)18-14-10-12(6-7-13(14)15)17(5)9-8-16(3)4/h6-7,10-11H,8-9,15H2,1-5H3. The summed E-state index contributed by atoms with van der Waals surface area (Å²) in [6.45, 7) is 5.99. The molecule has 1 aromatic rings. The molecule has 4 nitrogen and oxygen atoms in total. The highest BCUT2D eigenvalue weighted by Gasteiger charge is 2.07. The van der Waals surface area contributed by atoms with Crippen molar-refractivity contribution in [2.24, 2.45) is 0 Å². The van der Waals surface area contributed by atoms with Crippen molar-refractivity contribution in [2.45, 2.75) is 20.0 Å². The van der Waals surface area contributed by atoms with Crippen LogP contribution in [0.5, 0.6) is 5.75 Å². The van der Waals surface area contributed by atoms with Crippen LogP contribution in [0.3, 0.4) is 0 Å². The van der Waals surface area contributed by atoms with Crippen LogP contribution in [0.4, 0.5) is 11.4 Å². The first kappa shape index (κ1) is 14.6. The van der Waals surface area contributed by atoms with E-state index in [1.807, 2.05) is 32.0 Å². The van der Waals surface area contributed by atoms with Gasteiger partial charge in [0.25, 0.3) is 0 Å². The minimum absolute atomic E-state index is 0.134. The molecular formula is C14H25N3O. The topological polar surface area (TPSA) is 41.7 Å². The van der Waals surface area contributed by atoms with E-state index >= 15 is 0 Å². The second-order valence-corrected chi connectivity index (χ2v) is 5.11. The number of benzene rings is 1. The van der Waals surface area contributed by atoms with Crippen molar-refractivity contribution in [3.8, 4) is 5.75 Å². The van der Waals surface area contributed by atoms with Crippen LogP contribution in [0.15, 0.2) is 18.2 Å². The summed E-state index contributed by atoms with van der Waals surface area (Å²) in [5, 5.41) is 0. The van der Waals surface area contributed by atoms with Crippen molar-refractivity contribution in [3.63, 3.8) is 0 Å². The van der Waals surface area contributed by atoms with Crippen LogP contribution in [0.1, 0.15) is 13.8 Å². The van der Waals surface area contributed by atoms with Crippen LogP contribution >= 0.6 is 0 Å². The molecule has 0 radical (unpaired) electrons. The lowest BCUT2D eigenvalue weighted by Gasteiger charge is -2.23. The number of nitrogens with two attached hydrogens (primary N) is 1. The maximum Gasteiger partial charge on any atom is 0.144 e. The lowest BCUT2D eigenvalue weighted by atomic mass is 10.2. The summed E-state index contributed by atoms with van der Waals surface area (Å²) in [5.74, 6) is 0.763. The van der Waals surface area contributed by atoms with Crippen molar-refractivity contribution in [3.05, 3.63) is 18.2 Å². The van der Waals surface area contributed by atoms with Gasteiger partial charge in [-0.15, -0.1) is 0 Å². The Bertz CT molecular complexity index is 377. The Labute approximate surface area is 110 Å². The molecule has 0 saturated carbocycles. The number of ether oxygens (including phenoxy) is 1. The Morgan fingerprint density at radius 1 is 1.17 bits per heavy atom. The number of rotatable bonds is 6. The predicted molar refractivity (Wildman–Crippen MR) is 78.4 cm³/mol. The molecule has 0 bridgehead atoms. The first-order chi connectivity index (χ1) is 8.40. The Balaban J connectivity index is 2.77. The normalized spacial score (nSPS) is 11.1. The molecule has 18 heavy (non-hydrogen) atoms. The minimum atomic E-state index is 0.134. The summed E-state index contributed by atoms with van der Waals surface area (Å²) in [7, 11) is 6.22. The molecule has 0 aliphatic rings. The maximum atomic E-state index is 5.91. The lowest BCUT2D eigenvalue weighted by Crippen LogP contribution is -2.28. The highest BCUT2D eigenvalue weighted by Crippen LogP contribution is 2.28. The minimum Gasteiger partial charge on any atom is -0.489 e. The zero-order chi connectivity index (χ0) is 13.7. The highest BCUT2D eigenvalue weighted by atomic mass is 16.5. The third kappa shape index (κ3) is 4.45. The summed E-state index contributed by atoms with van der Waals surface area (Å²) < 4.78 is 5.70. The van der Waals surface area contributed by atoms with Crippen molar-refractivity contribution in [1.29, 1.82) is 0 Å². The SMILES string of the molecule is CC(C)Oc1cc(N(C)CCN(C)C)ccc1N. The summed E-state index contributed by atoms with van der Waals surface area (Å²) in [6.07, 6.45) is 0.134. The molecule has 102 valence electrons. The molecule has 0 heterocycles. The van der Waals surface area contributed by atoms with Gasteiger partial charge in [0, 0.05) is 31.9 Å². The Morgan fingerprint density at radius 3 is 2.39 bits per heavy atom. The van der Waals surface area contributed by atoms with Gasteiger partial charge in [0.2, 0.25) is 0 Å². The van der Waals surface area contributed by atoms with E-state index in [0.717, 1.165) is 24.5 Å². The predicted octanol–water partition coefficient (Wildman–Crippen LogP) is 2.05. The van der Waals surface area contributed by atoms with Gasteiger partial charge in [-0.25, -0.2) is 0 Å². The van der Waals surface area contributed by atoms with Crippen LogP contribution in [-0.4, -0.2) is 45.2 Å². The average Bonchev–Trinajstić information content (AvgIpc) is 2.28. The maximum absolute atomic E-state index is 5.91. The van der Waals surface area contributed by atoms with Gasteiger partial charge in [0.15, 0.2) is 0 Å². The fourth-order valence-corrected chi connectivity index (χ4v) is 1.60. The molecular weight excluding hydrogens is 226 g/mol. The van der Waals surface area contributed by atoms with Crippen molar-refractivity contribution < 1.29 is 4.74 Å². The first-order valence-electron chi connectivity index (χ1n) is 6.32. The van der Waals surface area contributed by atoms with Crippen LogP contribution in [0.25, 0.3) is 0 Å². The summed E-state index contributed by atoms with van der Waals surface area (Å²) >= 11 is 0. The van der Waals surface area contributed by atoms with Crippen LogP contribution in [0, 0.1) is 0 Å². The number of anilines is 2. The van der Waals surface area contributed by atoms with Gasteiger partial charge in [0.05, 0.1) is 11.8 Å². The Morgan fingerprint density at radius 2 is 1.83 bits per heavy atom. The van der Waals surface area contributed by atoms with Crippen LogP contribution in [0.2, 0.25) is 0 Å². The molecule has 0 aromatic heterocycles. The van der Waals surface area contributed by atoms with E-state index in [4.69, 9.17) is 10.5 Å². The molecule has 0 fully saturated rings. The molecule has 1 rings (SSSR count). The second kappa shape index (κ2) is 6.50. The third-order valence-electron chi connectivity index (χ3n) is 2.68. The van der Waals surface area contributed by atoms with Gasteiger partial charge >= 0.3 is 0 Å². The van der Waals surface area contributed by atoms with Gasteiger partial charge < -0.3 is 20.3 Å².